The van der Waals surface area contributed by atoms with Crippen LogP contribution in [0.4, 0.5) is 0 Å². The van der Waals surface area contributed by atoms with Gasteiger partial charge in [0.2, 0.25) is 0 Å². The average Bonchev–Trinajstić information content (AvgIpc) is 2.47. The lowest BCUT2D eigenvalue weighted by atomic mass is 9.74. The monoisotopic (exact) mass is 323 g/mol. The summed E-state index contributed by atoms with van der Waals surface area (Å²) in [6.07, 6.45) is 8.84. The maximum atomic E-state index is 12.4. The molecule has 3 atom stereocenters. The van der Waals surface area contributed by atoms with Crippen LogP contribution < -0.4 is 5.32 Å². The number of carbonyl (C=O) groups is 1. The molecule has 0 aliphatic heterocycles. The molecule has 1 fully saturated rings. The fraction of sp³-hybridized carbons (Fsp3) is 0.706. The summed E-state index contributed by atoms with van der Waals surface area (Å²) in [5.41, 5.74) is 0.227. The summed E-state index contributed by atoms with van der Waals surface area (Å²) in [5, 5.41) is 3.32. The Morgan fingerprint density at radius 2 is 1.95 bits per heavy atom. The molecule has 0 spiro atoms. The second-order valence-electron chi connectivity index (χ2n) is 6.83. The van der Waals surface area contributed by atoms with E-state index in [0.717, 1.165) is 6.42 Å². The lowest BCUT2D eigenvalue weighted by Crippen LogP contribution is -2.44. The normalized spacial score (nSPS) is 23.3. The van der Waals surface area contributed by atoms with Gasteiger partial charge in [0.25, 0.3) is 5.91 Å². The summed E-state index contributed by atoms with van der Waals surface area (Å²) >= 11 is 5.97. The van der Waals surface area contributed by atoms with E-state index in [1.54, 1.807) is 0 Å². The molecule has 5 heteroatoms. The van der Waals surface area contributed by atoms with Crippen LogP contribution >= 0.6 is 11.6 Å². The van der Waals surface area contributed by atoms with Crippen molar-refractivity contribution >= 4 is 17.5 Å². The van der Waals surface area contributed by atoms with Gasteiger partial charge in [-0.25, -0.2) is 9.97 Å². The van der Waals surface area contributed by atoms with Crippen molar-refractivity contribution in [2.24, 2.45) is 17.8 Å². The van der Waals surface area contributed by atoms with Crippen LogP contribution in [-0.2, 0) is 0 Å². The predicted molar refractivity (Wildman–Crippen MR) is 88.9 cm³/mol. The largest absolute Gasteiger partial charge is 0.348 e. The highest BCUT2D eigenvalue weighted by atomic mass is 35.5. The van der Waals surface area contributed by atoms with E-state index in [-0.39, 0.29) is 22.8 Å². The SMILES string of the molecule is CC(C)CC(C)C1CCCCC1NC(=O)c1nccnc1Cl. The summed E-state index contributed by atoms with van der Waals surface area (Å²) in [6, 6.07) is 0.216. The molecule has 0 saturated heterocycles. The third-order valence-corrected chi connectivity index (χ3v) is 4.86. The summed E-state index contributed by atoms with van der Waals surface area (Å²) in [5.74, 6) is 1.63. The first-order valence-electron chi connectivity index (χ1n) is 8.26. The van der Waals surface area contributed by atoms with Gasteiger partial charge in [-0.15, -0.1) is 0 Å². The molecule has 3 unspecified atom stereocenters. The molecule has 2 rings (SSSR count). The Labute approximate surface area is 138 Å². The number of aromatic nitrogens is 2. The van der Waals surface area contributed by atoms with Crippen LogP contribution in [-0.4, -0.2) is 21.9 Å². The molecule has 0 bridgehead atoms. The van der Waals surface area contributed by atoms with Crippen LogP contribution in [0.2, 0.25) is 5.15 Å². The van der Waals surface area contributed by atoms with E-state index in [4.69, 9.17) is 11.6 Å². The molecule has 1 aliphatic rings. The van der Waals surface area contributed by atoms with Gasteiger partial charge in [0.15, 0.2) is 10.8 Å². The van der Waals surface area contributed by atoms with Crippen LogP contribution in [0, 0.1) is 17.8 Å². The van der Waals surface area contributed by atoms with E-state index in [1.807, 2.05) is 0 Å². The second kappa shape index (κ2) is 7.91. The topological polar surface area (TPSA) is 54.9 Å². The first-order chi connectivity index (χ1) is 10.5. The van der Waals surface area contributed by atoms with Crippen LogP contribution in [0.5, 0.6) is 0 Å². The van der Waals surface area contributed by atoms with Gasteiger partial charge >= 0.3 is 0 Å². The van der Waals surface area contributed by atoms with Crippen molar-refractivity contribution in [3.05, 3.63) is 23.2 Å². The molecule has 0 radical (unpaired) electrons. The van der Waals surface area contributed by atoms with Gasteiger partial charge in [0.05, 0.1) is 0 Å². The summed E-state index contributed by atoms with van der Waals surface area (Å²) in [4.78, 5) is 20.4. The van der Waals surface area contributed by atoms with Crippen molar-refractivity contribution in [3.63, 3.8) is 0 Å². The minimum absolute atomic E-state index is 0.169. The fourth-order valence-corrected chi connectivity index (χ4v) is 3.84. The Balaban J connectivity index is 2.05. The molecular formula is C17H26ClN3O. The minimum atomic E-state index is -0.202. The smallest absolute Gasteiger partial charge is 0.273 e. The van der Waals surface area contributed by atoms with E-state index >= 15 is 0 Å². The lowest BCUT2D eigenvalue weighted by molar-refractivity contribution is 0.0872. The lowest BCUT2D eigenvalue weighted by Gasteiger charge is -2.36. The Bertz CT molecular complexity index is 506. The number of amides is 1. The highest BCUT2D eigenvalue weighted by Crippen LogP contribution is 2.33. The Kier molecular flexibility index (Phi) is 6.18. The van der Waals surface area contributed by atoms with Gasteiger partial charge in [-0.2, -0.15) is 0 Å². The van der Waals surface area contributed by atoms with Crippen molar-refractivity contribution in [2.45, 2.75) is 58.9 Å². The standard InChI is InChI=1S/C17H26ClN3O/c1-11(2)10-12(3)13-6-4-5-7-14(13)21-17(22)15-16(18)20-9-8-19-15/h8-9,11-14H,4-7,10H2,1-3H3,(H,21,22). The van der Waals surface area contributed by atoms with Gasteiger partial charge in [-0.1, -0.05) is 45.2 Å². The number of hydrogen-bond donors (Lipinski definition) is 1. The van der Waals surface area contributed by atoms with Crippen molar-refractivity contribution in [3.8, 4) is 0 Å². The number of hydrogen-bond acceptors (Lipinski definition) is 3. The molecule has 1 aromatic heterocycles. The molecular weight excluding hydrogens is 298 g/mol. The first kappa shape index (κ1) is 17.2. The number of rotatable bonds is 5. The maximum Gasteiger partial charge on any atom is 0.273 e. The second-order valence-corrected chi connectivity index (χ2v) is 7.19. The molecule has 4 nitrogen and oxygen atoms in total. The van der Waals surface area contributed by atoms with Gasteiger partial charge in [-0.05, 0) is 37.0 Å². The van der Waals surface area contributed by atoms with Crippen LogP contribution in [0.25, 0.3) is 0 Å². The van der Waals surface area contributed by atoms with Gasteiger partial charge in [0, 0.05) is 18.4 Å². The van der Waals surface area contributed by atoms with Crippen molar-refractivity contribution in [1.82, 2.24) is 15.3 Å². The third-order valence-electron chi connectivity index (χ3n) is 4.58. The van der Waals surface area contributed by atoms with E-state index in [0.29, 0.717) is 17.8 Å². The van der Waals surface area contributed by atoms with E-state index in [9.17, 15) is 4.79 Å². The number of halogens is 1. The zero-order chi connectivity index (χ0) is 16.1. The zero-order valence-corrected chi connectivity index (χ0v) is 14.4. The Morgan fingerprint density at radius 3 is 2.64 bits per heavy atom. The first-order valence-corrected chi connectivity index (χ1v) is 8.64. The molecule has 122 valence electrons. The highest BCUT2D eigenvalue weighted by molar-refractivity contribution is 6.32. The highest BCUT2D eigenvalue weighted by Gasteiger charge is 2.31. The molecule has 1 saturated carbocycles. The van der Waals surface area contributed by atoms with Crippen LogP contribution in [0.15, 0.2) is 12.4 Å². The van der Waals surface area contributed by atoms with Crippen LogP contribution in [0.1, 0.15) is 63.4 Å². The van der Waals surface area contributed by atoms with Gasteiger partial charge in [0.1, 0.15) is 0 Å². The van der Waals surface area contributed by atoms with Gasteiger partial charge < -0.3 is 5.32 Å². The van der Waals surface area contributed by atoms with Crippen LogP contribution in [0.3, 0.4) is 0 Å². The van der Waals surface area contributed by atoms with E-state index < -0.39 is 0 Å². The fourth-order valence-electron chi connectivity index (χ4n) is 3.65. The van der Waals surface area contributed by atoms with E-state index in [1.165, 1.54) is 38.1 Å². The molecule has 1 amide bonds. The molecule has 1 aromatic rings. The quantitative estimate of drug-likeness (QED) is 0.887. The predicted octanol–water partition coefficient (Wildman–Crippen LogP) is 4.10. The number of carbonyl (C=O) groups excluding carboxylic acids is 1. The van der Waals surface area contributed by atoms with Crippen molar-refractivity contribution in [1.29, 1.82) is 0 Å². The van der Waals surface area contributed by atoms with Crippen molar-refractivity contribution < 1.29 is 4.79 Å². The summed E-state index contributed by atoms with van der Waals surface area (Å²) in [7, 11) is 0. The van der Waals surface area contributed by atoms with Gasteiger partial charge in [-0.3, -0.25) is 4.79 Å². The summed E-state index contributed by atoms with van der Waals surface area (Å²) < 4.78 is 0. The Morgan fingerprint density at radius 1 is 1.27 bits per heavy atom. The molecule has 1 heterocycles. The number of nitrogens with zero attached hydrogens (tertiary/aromatic N) is 2. The zero-order valence-electron chi connectivity index (χ0n) is 13.7. The molecule has 1 N–H and O–H groups in total. The Hall–Kier alpha value is -1.16. The molecule has 1 aliphatic carbocycles. The van der Waals surface area contributed by atoms with Crippen molar-refractivity contribution in [2.75, 3.05) is 0 Å². The maximum absolute atomic E-state index is 12.4. The summed E-state index contributed by atoms with van der Waals surface area (Å²) in [6.45, 7) is 6.82. The molecule has 22 heavy (non-hydrogen) atoms. The average molecular weight is 324 g/mol. The number of nitrogens with one attached hydrogen (secondary N) is 1. The minimum Gasteiger partial charge on any atom is -0.348 e. The third kappa shape index (κ3) is 4.42. The molecule has 0 aromatic carbocycles. The van der Waals surface area contributed by atoms with E-state index in [2.05, 4.69) is 36.1 Å².